The van der Waals surface area contributed by atoms with Crippen molar-refractivity contribution in [3.8, 4) is 5.75 Å². The van der Waals surface area contributed by atoms with Gasteiger partial charge in [-0.2, -0.15) is 0 Å². The number of benzene rings is 1. The van der Waals surface area contributed by atoms with Crippen molar-refractivity contribution < 1.29 is 4.74 Å². The molecule has 0 aliphatic carbocycles. The molecule has 1 rings (SSSR count). The van der Waals surface area contributed by atoms with Gasteiger partial charge in [-0.1, -0.05) is 12.1 Å². The van der Waals surface area contributed by atoms with E-state index >= 15 is 0 Å². The lowest BCUT2D eigenvalue weighted by Gasteiger charge is -2.05. The van der Waals surface area contributed by atoms with Crippen LogP contribution >= 0.6 is 0 Å². The van der Waals surface area contributed by atoms with Crippen molar-refractivity contribution in [2.75, 3.05) is 7.11 Å². The summed E-state index contributed by atoms with van der Waals surface area (Å²) in [5.74, 6) is 0.673. The zero-order chi connectivity index (χ0) is 10.4. The van der Waals surface area contributed by atoms with E-state index in [0.717, 1.165) is 11.8 Å². The summed E-state index contributed by atoms with van der Waals surface area (Å²) in [6.45, 7) is 0. The average Bonchev–Trinajstić information content (AvgIpc) is 2.25. The first kappa shape index (κ1) is 10.2. The predicted octanol–water partition coefficient (Wildman–Crippen LogP) is 2.27. The molecule has 0 spiro atoms. The van der Waals surface area contributed by atoms with Crippen molar-refractivity contribution in [3.05, 3.63) is 42.0 Å². The smallest absolute Gasteiger partial charge is 0.128 e. The zero-order valence-electron chi connectivity index (χ0n) is 7.95. The summed E-state index contributed by atoms with van der Waals surface area (Å²) in [4.78, 5) is 0. The molecule has 0 aliphatic heterocycles. The molecule has 0 saturated heterocycles. The van der Waals surface area contributed by atoms with Gasteiger partial charge >= 0.3 is 0 Å². The van der Waals surface area contributed by atoms with E-state index in [2.05, 4.69) is 0 Å². The molecule has 3 heteroatoms. The molecule has 0 radical (unpaired) electrons. The van der Waals surface area contributed by atoms with Crippen molar-refractivity contribution in [2.24, 2.45) is 0 Å². The van der Waals surface area contributed by atoms with Gasteiger partial charge in [0, 0.05) is 11.8 Å². The second-order valence-corrected chi connectivity index (χ2v) is 2.64. The van der Waals surface area contributed by atoms with E-state index < -0.39 is 0 Å². The molecule has 0 atom stereocenters. The van der Waals surface area contributed by atoms with Crippen LogP contribution in [0.2, 0.25) is 0 Å². The number of hydrogen-bond acceptors (Lipinski definition) is 3. The highest BCUT2D eigenvalue weighted by Gasteiger charge is 2.03. The molecule has 72 valence electrons. The summed E-state index contributed by atoms with van der Waals surface area (Å²) in [6.07, 6.45) is 4.21. The van der Waals surface area contributed by atoms with Crippen LogP contribution in [0.15, 0.2) is 36.4 Å². The Hall–Kier alpha value is -1.90. The van der Waals surface area contributed by atoms with Gasteiger partial charge < -0.3 is 15.6 Å². The lowest BCUT2D eigenvalue weighted by atomic mass is 10.1. The molecular formula is C11H12N2O. The van der Waals surface area contributed by atoms with Crippen molar-refractivity contribution >= 4 is 11.9 Å². The van der Waals surface area contributed by atoms with Gasteiger partial charge in [0.15, 0.2) is 0 Å². The molecule has 0 bridgehead atoms. The molecule has 0 unspecified atom stereocenters. The lowest BCUT2D eigenvalue weighted by molar-refractivity contribution is 0.414. The first-order valence-corrected chi connectivity index (χ1v) is 4.18. The van der Waals surface area contributed by atoms with Crippen molar-refractivity contribution in [2.45, 2.75) is 0 Å². The van der Waals surface area contributed by atoms with E-state index in [1.54, 1.807) is 13.2 Å². The van der Waals surface area contributed by atoms with Crippen molar-refractivity contribution in [1.82, 2.24) is 0 Å². The molecule has 0 heterocycles. The first-order valence-electron chi connectivity index (χ1n) is 4.18. The van der Waals surface area contributed by atoms with Gasteiger partial charge in [-0.3, -0.25) is 0 Å². The van der Waals surface area contributed by atoms with Crippen LogP contribution in [0.25, 0.3) is 0 Å². The molecule has 1 aromatic carbocycles. The molecular weight excluding hydrogens is 176 g/mol. The van der Waals surface area contributed by atoms with E-state index in [-0.39, 0.29) is 0 Å². The minimum Gasteiger partial charge on any atom is -0.496 e. The number of para-hydroxylation sites is 1. The Kier molecular flexibility index (Phi) is 3.61. The summed E-state index contributed by atoms with van der Waals surface area (Å²) >= 11 is 0. The van der Waals surface area contributed by atoms with E-state index in [1.807, 2.05) is 24.3 Å². The maximum absolute atomic E-state index is 7.71. The Morgan fingerprint density at radius 2 is 2.07 bits per heavy atom. The van der Waals surface area contributed by atoms with Gasteiger partial charge in [-0.25, -0.2) is 0 Å². The average molecular weight is 188 g/mol. The molecule has 0 fully saturated rings. The van der Waals surface area contributed by atoms with Crippen LogP contribution in [0.5, 0.6) is 5.75 Å². The van der Waals surface area contributed by atoms with Gasteiger partial charge in [0.25, 0.3) is 0 Å². The SMILES string of the molecule is COc1ccccc1C(=N)/C=C\C=N. The maximum Gasteiger partial charge on any atom is 0.128 e. The van der Waals surface area contributed by atoms with Crippen LogP contribution in [-0.4, -0.2) is 19.0 Å². The fraction of sp³-hybridized carbons (Fsp3) is 0.0909. The summed E-state index contributed by atoms with van der Waals surface area (Å²) in [6, 6.07) is 7.33. The Morgan fingerprint density at radius 1 is 1.36 bits per heavy atom. The Labute approximate surface area is 83.1 Å². The highest BCUT2D eigenvalue weighted by molar-refractivity contribution is 6.09. The molecule has 0 amide bonds. The summed E-state index contributed by atoms with van der Waals surface area (Å²) in [5.41, 5.74) is 1.07. The minimum absolute atomic E-state index is 0.339. The fourth-order valence-electron chi connectivity index (χ4n) is 1.10. The Bertz CT molecular complexity index is 369. The van der Waals surface area contributed by atoms with Crippen LogP contribution in [0, 0.1) is 10.8 Å². The van der Waals surface area contributed by atoms with Gasteiger partial charge in [-0.05, 0) is 24.3 Å². The highest BCUT2D eigenvalue weighted by atomic mass is 16.5. The number of methoxy groups -OCH3 is 1. The van der Waals surface area contributed by atoms with E-state index in [1.165, 1.54) is 6.08 Å². The van der Waals surface area contributed by atoms with Crippen LogP contribution < -0.4 is 4.74 Å². The van der Waals surface area contributed by atoms with Gasteiger partial charge in [0.2, 0.25) is 0 Å². The quantitative estimate of drug-likeness (QED) is 0.699. The lowest BCUT2D eigenvalue weighted by Crippen LogP contribution is -1.98. The van der Waals surface area contributed by atoms with Crippen LogP contribution in [0.4, 0.5) is 0 Å². The molecule has 0 aliphatic rings. The molecule has 1 aromatic rings. The van der Waals surface area contributed by atoms with Crippen LogP contribution in [-0.2, 0) is 0 Å². The van der Waals surface area contributed by atoms with E-state index in [9.17, 15) is 0 Å². The topological polar surface area (TPSA) is 56.9 Å². The number of hydrogen-bond donors (Lipinski definition) is 2. The standard InChI is InChI=1S/C11H12N2O/c1-14-11-7-3-2-5-9(11)10(13)6-4-8-12/h2-8,12-13H,1H3/b6-4-,12-8?,13-10?. The van der Waals surface area contributed by atoms with Crippen molar-refractivity contribution in [3.63, 3.8) is 0 Å². The summed E-state index contributed by atoms with van der Waals surface area (Å²) < 4.78 is 5.11. The largest absolute Gasteiger partial charge is 0.496 e. The number of rotatable bonds is 4. The van der Waals surface area contributed by atoms with E-state index in [4.69, 9.17) is 15.6 Å². The summed E-state index contributed by atoms with van der Waals surface area (Å²) in [5, 5.41) is 14.5. The normalized spacial score (nSPS) is 10.1. The number of nitrogens with one attached hydrogen (secondary N) is 2. The van der Waals surface area contributed by atoms with Crippen LogP contribution in [0.3, 0.4) is 0 Å². The van der Waals surface area contributed by atoms with Gasteiger partial charge in [0.05, 0.1) is 12.8 Å². The van der Waals surface area contributed by atoms with E-state index in [0.29, 0.717) is 11.5 Å². The van der Waals surface area contributed by atoms with Gasteiger partial charge in [0.1, 0.15) is 5.75 Å². The Balaban J connectivity index is 2.99. The molecule has 14 heavy (non-hydrogen) atoms. The molecule has 0 saturated carbocycles. The fourth-order valence-corrected chi connectivity index (χ4v) is 1.10. The highest BCUT2D eigenvalue weighted by Crippen LogP contribution is 2.17. The molecule has 0 aromatic heterocycles. The predicted molar refractivity (Wildman–Crippen MR) is 57.7 cm³/mol. The minimum atomic E-state index is 0.339. The third kappa shape index (κ3) is 2.29. The Morgan fingerprint density at radius 3 is 2.71 bits per heavy atom. The van der Waals surface area contributed by atoms with Crippen LogP contribution in [0.1, 0.15) is 5.56 Å². The second-order valence-electron chi connectivity index (χ2n) is 2.64. The monoisotopic (exact) mass is 188 g/mol. The molecule has 2 N–H and O–H groups in total. The second kappa shape index (κ2) is 4.97. The molecule has 3 nitrogen and oxygen atoms in total. The maximum atomic E-state index is 7.71. The summed E-state index contributed by atoms with van der Waals surface area (Å²) in [7, 11) is 1.58. The first-order chi connectivity index (χ1) is 6.79. The zero-order valence-corrected chi connectivity index (χ0v) is 7.95. The third-order valence-corrected chi connectivity index (χ3v) is 1.76. The number of ether oxygens (including phenoxy) is 1. The third-order valence-electron chi connectivity index (χ3n) is 1.76. The van der Waals surface area contributed by atoms with Crippen molar-refractivity contribution in [1.29, 1.82) is 10.8 Å². The number of allylic oxidation sites excluding steroid dienone is 2. The van der Waals surface area contributed by atoms with Gasteiger partial charge in [-0.15, -0.1) is 0 Å².